The smallest absolute Gasteiger partial charge is 0.187 e. The van der Waals surface area contributed by atoms with Crippen LogP contribution in [0.15, 0.2) is 41.8 Å². The Kier molecular flexibility index (Phi) is 6.27. The van der Waals surface area contributed by atoms with Crippen LogP contribution in [0.5, 0.6) is 0 Å². The Labute approximate surface area is 166 Å². The highest BCUT2D eigenvalue weighted by Crippen LogP contribution is 2.37. The number of thioether (sulfide) groups is 1. The molecule has 1 aromatic carbocycles. The summed E-state index contributed by atoms with van der Waals surface area (Å²) in [5.41, 5.74) is 4.01. The van der Waals surface area contributed by atoms with E-state index in [1.54, 1.807) is 11.8 Å². The zero-order valence-corrected chi connectivity index (χ0v) is 16.8. The number of hydrogen-bond donors (Lipinski definition) is 0. The van der Waals surface area contributed by atoms with E-state index >= 15 is 0 Å². The monoisotopic (exact) mass is 384 g/mol. The van der Waals surface area contributed by atoms with Crippen molar-refractivity contribution in [3.05, 3.63) is 47.8 Å². The molecule has 6 heteroatoms. The molecular weight excluding hydrogens is 356 g/mol. The fourth-order valence-electron chi connectivity index (χ4n) is 3.90. The van der Waals surface area contributed by atoms with E-state index in [-0.39, 0.29) is 0 Å². The van der Waals surface area contributed by atoms with Gasteiger partial charge in [-0.3, -0.25) is 4.90 Å². The molecule has 0 aliphatic carbocycles. The van der Waals surface area contributed by atoms with Crippen molar-refractivity contribution >= 4 is 17.4 Å². The van der Waals surface area contributed by atoms with Gasteiger partial charge in [-0.1, -0.05) is 36.9 Å². The lowest BCUT2D eigenvalue weighted by molar-refractivity contribution is 0.0356. The van der Waals surface area contributed by atoms with Crippen molar-refractivity contribution in [2.45, 2.75) is 31.0 Å². The quantitative estimate of drug-likeness (QED) is 0.538. The molecule has 1 fully saturated rings. The predicted molar refractivity (Wildman–Crippen MR) is 111 cm³/mol. The van der Waals surface area contributed by atoms with Gasteiger partial charge in [-0.15, -0.1) is 0 Å². The summed E-state index contributed by atoms with van der Waals surface area (Å²) in [5, 5.41) is 0.882. The summed E-state index contributed by atoms with van der Waals surface area (Å²) in [6.07, 6.45) is 5.12. The summed E-state index contributed by atoms with van der Waals surface area (Å²) >= 11 is 1.73. The first-order chi connectivity index (χ1) is 13.3. The second-order valence-electron chi connectivity index (χ2n) is 7.27. The van der Waals surface area contributed by atoms with E-state index in [1.807, 2.05) is 12.4 Å². The molecule has 2 aromatic rings. The van der Waals surface area contributed by atoms with Crippen LogP contribution in [-0.4, -0.2) is 60.0 Å². The van der Waals surface area contributed by atoms with Crippen LogP contribution < -0.4 is 4.90 Å². The molecule has 1 saturated heterocycles. The minimum atomic E-state index is 0.555. The minimum absolute atomic E-state index is 0.555. The summed E-state index contributed by atoms with van der Waals surface area (Å²) in [7, 11) is 0. The molecule has 3 heterocycles. The third kappa shape index (κ3) is 4.62. The molecule has 0 amide bonds. The molecule has 1 atom stereocenters. The summed E-state index contributed by atoms with van der Waals surface area (Å²) in [4.78, 5) is 14.1. The highest BCUT2D eigenvalue weighted by Gasteiger charge is 2.30. The van der Waals surface area contributed by atoms with Gasteiger partial charge in [-0.25, -0.2) is 9.97 Å². The van der Waals surface area contributed by atoms with Gasteiger partial charge in [0.25, 0.3) is 0 Å². The van der Waals surface area contributed by atoms with Crippen LogP contribution in [0.25, 0.3) is 0 Å². The lowest BCUT2D eigenvalue weighted by atomic mass is 10.0. The van der Waals surface area contributed by atoms with Gasteiger partial charge in [0.2, 0.25) is 0 Å². The average molecular weight is 385 g/mol. The van der Waals surface area contributed by atoms with Crippen LogP contribution in [0.4, 0.5) is 5.69 Å². The topological polar surface area (TPSA) is 41.5 Å². The molecule has 0 N–H and O–H groups in total. The predicted octanol–water partition coefficient (Wildman–Crippen LogP) is 3.41. The van der Waals surface area contributed by atoms with Crippen molar-refractivity contribution in [1.82, 2.24) is 14.9 Å². The Bertz CT molecular complexity index is 733. The summed E-state index contributed by atoms with van der Waals surface area (Å²) in [6, 6.07) is 8.85. The van der Waals surface area contributed by atoms with Crippen molar-refractivity contribution < 1.29 is 4.74 Å². The van der Waals surface area contributed by atoms with E-state index in [4.69, 9.17) is 4.74 Å². The highest BCUT2D eigenvalue weighted by molar-refractivity contribution is 7.99. The summed E-state index contributed by atoms with van der Waals surface area (Å²) in [5.74, 6) is 1.63. The third-order valence-electron chi connectivity index (χ3n) is 5.23. The Morgan fingerprint density at radius 1 is 1.15 bits per heavy atom. The maximum Gasteiger partial charge on any atom is 0.187 e. The second kappa shape index (κ2) is 9.04. The van der Waals surface area contributed by atoms with E-state index in [2.05, 4.69) is 51.0 Å². The van der Waals surface area contributed by atoms with Crippen molar-refractivity contribution in [3.8, 4) is 0 Å². The van der Waals surface area contributed by atoms with E-state index in [0.717, 1.165) is 63.3 Å². The number of hydrogen-bond acceptors (Lipinski definition) is 6. The molecule has 2 aliphatic heterocycles. The summed E-state index contributed by atoms with van der Waals surface area (Å²) < 4.78 is 5.50. The molecule has 0 radical (unpaired) electrons. The van der Waals surface area contributed by atoms with Gasteiger partial charge in [0.05, 0.1) is 13.2 Å². The second-order valence-corrected chi connectivity index (χ2v) is 8.33. The lowest BCUT2D eigenvalue weighted by Crippen LogP contribution is -2.39. The molecular formula is C21H28N4OS. The largest absolute Gasteiger partial charge is 0.379 e. The van der Waals surface area contributed by atoms with Gasteiger partial charge < -0.3 is 9.64 Å². The zero-order valence-electron chi connectivity index (χ0n) is 16.0. The van der Waals surface area contributed by atoms with Gasteiger partial charge in [0, 0.05) is 68.0 Å². The van der Waals surface area contributed by atoms with E-state index in [9.17, 15) is 0 Å². The molecule has 5 nitrogen and oxygen atoms in total. The molecule has 4 rings (SSSR count). The van der Waals surface area contributed by atoms with Crippen molar-refractivity contribution in [3.63, 3.8) is 0 Å². The maximum absolute atomic E-state index is 5.50. The molecule has 1 aromatic heterocycles. The molecule has 0 bridgehead atoms. The van der Waals surface area contributed by atoms with Crippen LogP contribution in [0.2, 0.25) is 0 Å². The number of para-hydroxylation sites is 1. The third-order valence-corrected chi connectivity index (χ3v) is 6.31. The van der Waals surface area contributed by atoms with Gasteiger partial charge in [0.15, 0.2) is 5.16 Å². The Morgan fingerprint density at radius 2 is 1.93 bits per heavy atom. The SMILES string of the molecule is CCCSc1ncc(CN2CC(CN3CCOCC3)c3ccccc32)cn1. The fourth-order valence-corrected chi connectivity index (χ4v) is 4.54. The van der Waals surface area contributed by atoms with Crippen LogP contribution in [0.3, 0.4) is 0 Å². The number of morpholine rings is 1. The number of fused-ring (bicyclic) bond motifs is 1. The van der Waals surface area contributed by atoms with Crippen LogP contribution in [-0.2, 0) is 11.3 Å². The molecule has 1 unspecified atom stereocenters. The van der Waals surface area contributed by atoms with E-state index in [0.29, 0.717) is 5.92 Å². The zero-order chi connectivity index (χ0) is 18.5. The molecule has 144 valence electrons. The maximum atomic E-state index is 5.50. The normalized spacial score (nSPS) is 20.0. The lowest BCUT2D eigenvalue weighted by Gasteiger charge is -2.29. The van der Waals surface area contributed by atoms with Crippen molar-refractivity contribution in [2.75, 3.05) is 50.0 Å². The standard InChI is InChI=1S/C21H28N4OS/c1-2-11-27-21-22-12-17(13-23-21)14-25-16-18(15-24-7-9-26-10-8-24)19-5-3-4-6-20(19)25/h3-6,12-13,18H,2,7-11,14-16H2,1H3. The molecule has 27 heavy (non-hydrogen) atoms. The number of ether oxygens (including phenoxy) is 1. The van der Waals surface area contributed by atoms with E-state index < -0.39 is 0 Å². The number of nitrogens with zero attached hydrogens (tertiary/aromatic N) is 4. The van der Waals surface area contributed by atoms with Crippen LogP contribution in [0.1, 0.15) is 30.4 Å². The van der Waals surface area contributed by atoms with Crippen molar-refractivity contribution in [1.29, 1.82) is 0 Å². The minimum Gasteiger partial charge on any atom is -0.379 e. The number of rotatable bonds is 7. The molecule has 0 spiro atoms. The van der Waals surface area contributed by atoms with Gasteiger partial charge in [0.1, 0.15) is 0 Å². The Balaban J connectivity index is 1.43. The van der Waals surface area contributed by atoms with Gasteiger partial charge >= 0.3 is 0 Å². The van der Waals surface area contributed by atoms with Gasteiger partial charge in [-0.05, 0) is 18.1 Å². The Hall–Kier alpha value is -1.63. The number of anilines is 1. The number of aromatic nitrogens is 2. The molecule has 0 saturated carbocycles. The first kappa shape index (κ1) is 18.7. The fraction of sp³-hybridized carbons (Fsp3) is 0.524. The van der Waals surface area contributed by atoms with Crippen LogP contribution in [0, 0.1) is 0 Å². The molecule has 2 aliphatic rings. The van der Waals surface area contributed by atoms with E-state index in [1.165, 1.54) is 16.8 Å². The summed E-state index contributed by atoms with van der Waals surface area (Å²) in [6.45, 7) is 9.03. The number of benzene rings is 1. The first-order valence-corrected chi connectivity index (χ1v) is 10.9. The van der Waals surface area contributed by atoms with Crippen LogP contribution >= 0.6 is 11.8 Å². The van der Waals surface area contributed by atoms with Crippen molar-refractivity contribution in [2.24, 2.45) is 0 Å². The first-order valence-electron chi connectivity index (χ1n) is 9.91. The van der Waals surface area contributed by atoms with Gasteiger partial charge in [-0.2, -0.15) is 0 Å². The average Bonchev–Trinajstić information content (AvgIpc) is 3.06. The highest BCUT2D eigenvalue weighted by atomic mass is 32.2. The Morgan fingerprint density at radius 3 is 2.70 bits per heavy atom.